The molecule has 6 nitrogen and oxygen atoms in total. The van der Waals surface area contributed by atoms with Crippen LogP contribution in [-0.2, 0) is 10.2 Å². The first kappa shape index (κ1) is 17.7. The number of urea groups is 1. The molecule has 23 heavy (non-hydrogen) atoms. The number of aromatic nitrogens is 1. The number of amides is 2. The SMILES string of the molecule is CN(C)CC1CN(C(=O)NCC(C)(C)c2ccccn2)CCO1. The summed E-state index contributed by atoms with van der Waals surface area (Å²) in [5.74, 6) is 0. The van der Waals surface area contributed by atoms with Crippen molar-refractivity contribution in [2.75, 3.05) is 46.9 Å². The van der Waals surface area contributed by atoms with Crippen LogP contribution in [0.4, 0.5) is 4.79 Å². The molecule has 128 valence electrons. The van der Waals surface area contributed by atoms with Gasteiger partial charge in [-0.3, -0.25) is 4.98 Å². The summed E-state index contributed by atoms with van der Waals surface area (Å²) in [4.78, 5) is 20.7. The Morgan fingerprint density at radius 2 is 2.26 bits per heavy atom. The lowest BCUT2D eigenvalue weighted by Crippen LogP contribution is -2.53. The molecule has 6 heteroatoms. The van der Waals surface area contributed by atoms with Gasteiger partial charge >= 0.3 is 6.03 Å². The van der Waals surface area contributed by atoms with Gasteiger partial charge in [-0.1, -0.05) is 19.9 Å². The molecule has 2 amide bonds. The average molecular weight is 320 g/mol. The molecule has 2 heterocycles. The number of likely N-dealkylation sites (N-methyl/N-ethyl adjacent to an activating group) is 1. The van der Waals surface area contributed by atoms with Crippen molar-refractivity contribution in [3.63, 3.8) is 0 Å². The minimum atomic E-state index is -0.202. The predicted molar refractivity (Wildman–Crippen MR) is 90.5 cm³/mol. The van der Waals surface area contributed by atoms with Crippen LogP contribution in [-0.4, -0.2) is 73.8 Å². The van der Waals surface area contributed by atoms with Crippen LogP contribution < -0.4 is 5.32 Å². The lowest BCUT2D eigenvalue weighted by Gasteiger charge is -2.35. The smallest absolute Gasteiger partial charge is 0.317 e. The van der Waals surface area contributed by atoms with E-state index in [0.29, 0.717) is 26.2 Å². The number of carbonyl (C=O) groups excluding carboxylic acids is 1. The molecule has 1 unspecified atom stereocenters. The highest BCUT2D eigenvalue weighted by Crippen LogP contribution is 2.19. The normalized spacial score (nSPS) is 19.0. The van der Waals surface area contributed by atoms with Gasteiger partial charge < -0.3 is 19.9 Å². The topological polar surface area (TPSA) is 57.7 Å². The highest BCUT2D eigenvalue weighted by Gasteiger charge is 2.27. The van der Waals surface area contributed by atoms with Crippen molar-refractivity contribution >= 4 is 6.03 Å². The summed E-state index contributed by atoms with van der Waals surface area (Å²) in [6, 6.07) is 5.84. The molecule has 0 spiro atoms. The van der Waals surface area contributed by atoms with Crippen LogP contribution in [0.2, 0.25) is 0 Å². The number of hydrogen-bond acceptors (Lipinski definition) is 4. The maximum atomic E-state index is 12.4. The van der Waals surface area contributed by atoms with Gasteiger partial charge in [0.15, 0.2) is 0 Å². The van der Waals surface area contributed by atoms with E-state index < -0.39 is 0 Å². The zero-order valence-electron chi connectivity index (χ0n) is 14.6. The number of ether oxygens (including phenoxy) is 1. The molecule has 0 bridgehead atoms. The number of morpholine rings is 1. The van der Waals surface area contributed by atoms with Gasteiger partial charge in [0.2, 0.25) is 0 Å². The van der Waals surface area contributed by atoms with E-state index >= 15 is 0 Å². The molecule has 2 rings (SSSR count). The van der Waals surface area contributed by atoms with E-state index in [1.54, 1.807) is 6.20 Å². The number of hydrogen-bond donors (Lipinski definition) is 1. The Balaban J connectivity index is 1.86. The second kappa shape index (κ2) is 7.75. The first-order chi connectivity index (χ1) is 10.9. The summed E-state index contributed by atoms with van der Waals surface area (Å²) in [6.45, 7) is 7.42. The summed E-state index contributed by atoms with van der Waals surface area (Å²) in [5, 5.41) is 3.04. The van der Waals surface area contributed by atoms with E-state index in [1.165, 1.54) is 0 Å². The van der Waals surface area contributed by atoms with Gasteiger partial charge in [-0.05, 0) is 26.2 Å². The fourth-order valence-corrected chi connectivity index (χ4v) is 2.68. The average Bonchev–Trinajstić information content (AvgIpc) is 2.53. The highest BCUT2D eigenvalue weighted by molar-refractivity contribution is 5.74. The third-order valence-corrected chi connectivity index (χ3v) is 4.03. The maximum absolute atomic E-state index is 12.4. The van der Waals surface area contributed by atoms with E-state index in [0.717, 1.165) is 12.2 Å². The third-order valence-electron chi connectivity index (χ3n) is 4.03. The molecular weight excluding hydrogens is 292 g/mol. The van der Waals surface area contributed by atoms with Gasteiger partial charge in [0, 0.05) is 43.5 Å². The molecule has 0 aromatic carbocycles. The molecule has 1 fully saturated rings. The number of pyridine rings is 1. The van der Waals surface area contributed by atoms with Crippen molar-refractivity contribution < 1.29 is 9.53 Å². The summed E-state index contributed by atoms with van der Waals surface area (Å²) in [6.07, 6.45) is 1.86. The molecule has 1 aromatic heterocycles. The molecule has 0 radical (unpaired) electrons. The van der Waals surface area contributed by atoms with Gasteiger partial charge in [-0.2, -0.15) is 0 Å². The minimum absolute atomic E-state index is 0.0268. The number of nitrogens with one attached hydrogen (secondary N) is 1. The second-order valence-electron chi connectivity index (χ2n) is 6.96. The first-order valence-electron chi connectivity index (χ1n) is 8.09. The standard InChI is InChI=1S/C17H28N4O2/c1-17(2,15-7-5-6-8-18-15)13-19-16(22)21-9-10-23-14(12-21)11-20(3)4/h5-8,14H,9-13H2,1-4H3,(H,19,22). The van der Waals surface area contributed by atoms with Crippen LogP contribution in [0.25, 0.3) is 0 Å². The summed E-state index contributed by atoms with van der Waals surface area (Å²) >= 11 is 0. The number of rotatable bonds is 5. The summed E-state index contributed by atoms with van der Waals surface area (Å²) in [7, 11) is 4.02. The first-order valence-corrected chi connectivity index (χ1v) is 8.09. The van der Waals surface area contributed by atoms with Crippen molar-refractivity contribution in [2.24, 2.45) is 0 Å². The minimum Gasteiger partial charge on any atom is -0.373 e. The quantitative estimate of drug-likeness (QED) is 0.889. The molecule has 0 aliphatic carbocycles. The van der Waals surface area contributed by atoms with Crippen molar-refractivity contribution in [2.45, 2.75) is 25.4 Å². The maximum Gasteiger partial charge on any atom is 0.317 e. The van der Waals surface area contributed by atoms with Crippen LogP contribution in [0.1, 0.15) is 19.5 Å². The van der Waals surface area contributed by atoms with Gasteiger partial charge in [0.05, 0.1) is 12.7 Å². The molecular formula is C17H28N4O2. The van der Waals surface area contributed by atoms with Crippen molar-refractivity contribution in [3.05, 3.63) is 30.1 Å². The Labute approximate surface area is 138 Å². The molecule has 1 aliphatic rings. The van der Waals surface area contributed by atoms with Crippen molar-refractivity contribution in [1.29, 1.82) is 0 Å². The Kier molecular flexibility index (Phi) is 5.96. The van der Waals surface area contributed by atoms with Gasteiger partial charge in [0.25, 0.3) is 0 Å². The van der Waals surface area contributed by atoms with Crippen LogP contribution in [0.3, 0.4) is 0 Å². The lowest BCUT2D eigenvalue weighted by molar-refractivity contribution is -0.0246. The van der Waals surface area contributed by atoms with Gasteiger partial charge in [-0.15, -0.1) is 0 Å². The molecule has 1 atom stereocenters. The largest absolute Gasteiger partial charge is 0.373 e. The Bertz CT molecular complexity index is 505. The molecule has 1 N–H and O–H groups in total. The number of nitrogens with zero attached hydrogens (tertiary/aromatic N) is 3. The molecule has 1 aliphatic heterocycles. The Morgan fingerprint density at radius 1 is 1.48 bits per heavy atom. The second-order valence-corrected chi connectivity index (χ2v) is 6.96. The fourth-order valence-electron chi connectivity index (χ4n) is 2.68. The predicted octanol–water partition coefficient (Wildman–Crippen LogP) is 1.33. The van der Waals surface area contributed by atoms with E-state index in [2.05, 4.69) is 29.0 Å². The van der Waals surface area contributed by atoms with Gasteiger partial charge in [-0.25, -0.2) is 4.79 Å². The highest BCUT2D eigenvalue weighted by atomic mass is 16.5. The lowest BCUT2D eigenvalue weighted by atomic mass is 9.89. The van der Waals surface area contributed by atoms with E-state index in [4.69, 9.17) is 4.74 Å². The zero-order valence-corrected chi connectivity index (χ0v) is 14.6. The van der Waals surface area contributed by atoms with Gasteiger partial charge in [0.1, 0.15) is 0 Å². The third kappa shape index (κ3) is 5.18. The van der Waals surface area contributed by atoms with Crippen molar-refractivity contribution in [1.82, 2.24) is 20.1 Å². The number of carbonyl (C=O) groups is 1. The molecule has 0 saturated carbocycles. The van der Waals surface area contributed by atoms with Crippen LogP contribution in [0.15, 0.2) is 24.4 Å². The van der Waals surface area contributed by atoms with Crippen LogP contribution in [0, 0.1) is 0 Å². The van der Waals surface area contributed by atoms with E-state index in [-0.39, 0.29) is 17.6 Å². The molecule has 1 aromatic rings. The van der Waals surface area contributed by atoms with E-state index in [9.17, 15) is 4.79 Å². The van der Waals surface area contributed by atoms with Crippen LogP contribution in [0.5, 0.6) is 0 Å². The van der Waals surface area contributed by atoms with E-state index in [1.807, 2.05) is 37.2 Å². The molecule has 1 saturated heterocycles. The zero-order chi connectivity index (χ0) is 16.9. The monoisotopic (exact) mass is 320 g/mol. The Morgan fingerprint density at radius 3 is 2.91 bits per heavy atom. The Hall–Kier alpha value is -1.66. The fraction of sp³-hybridized carbons (Fsp3) is 0.647. The van der Waals surface area contributed by atoms with Crippen LogP contribution >= 0.6 is 0 Å². The summed E-state index contributed by atoms with van der Waals surface area (Å²) < 4.78 is 5.71. The summed E-state index contributed by atoms with van der Waals surface area (Å²) in [5.41, 5.74) is 0.777. The van der Waals surface area contributed by atoms with Crippen molar-refractivity contribution in [3.8, 4) is 0 Å².